The normalized spacial score (nSPS) is 22.9. The van der Waals surface area contributed by atoms with E-state index >= 15 is 0 Å². The number of hydrogen-bond acceptors (Lipinski definition) is 2. The summed E-state index contributed by atoms with van der Waals surface area (Å²) in [6.45, 7) is 8.36. The van der Waals surface area contributed by atoms with Crippen molar-refractivity contribution in [1.82, 2.24) is 5.32 Å². The topological polar surface area (TPSA) is 21.3 Å². The van der Waals surface area contributed by atoms with Crippen LogP contribution in [0.25, 0.3) is 0 Å². The van der Waals surface area contributed by atoms with Crippen LogP contribution in [-0.2, 0) is 0 Å². The van der Waals surface area contributed by atoms with Gasteiger partial charge in [0, 0.05) is 6.04 Å². The summed E-state index contributed by atoms with van der Waals surface area (Å²) in [5, 5.41) is 3.59. The highest BCUT2D eigenvalue weighted by molar-refractivity contribution is 5.30. The van der Waals surface area contributed by atoms with E-state index in [0.717, 1.165) is 30.7 Å². The van der Waals surface area contributed by atoms with Crippen LogP contribution in [0.5, 0.6) is 5.75 Å². The first-order valence-corrected chi connectivity index (χ1v) is 7.66. The molecule has 0 spiro atoms. The van der Waals surface area contributed by atoms with Crippen LogP contribution in [0.4, 0.5) is 0 Å². The first-order valence-electron chi connectivity index (χ1n) is 7.66. The Kier molecular flexibility index (Phi) is 5.26. The molecule has 1 aromatic carbocycles. The molecule has 1 aliphatic carbocycles. The average molecular weight is 261 g/mol. The Balaban J connectivity index is 1.98. The van der Waals surface area contributed by atoms with Crippen molar-refractivity contribution in [3.63, 3.8) is 0 Å². The highest BCUT2D eigenvalue weighted by atomic mass is 16.5. The largest absolute Gasteiger partial charge is 0.494 e. The molecule has 0 saturated heterocycles. The monoisotopic (exact) mass is 261 g/mol. The number of ether oxygens (including phenoxy) is 1. The van der Waals surface area contributed by atoms with Crippen molar-refractivity contribution in [2.75, 3.05) is 13.2 Å². The quantitative estimate of drug-likeness (QED) is 0.836. The first-order chi connectivity index (χ1) is 9.20. The van der Waals surface area contributed by atoms with E-state index in [9.17, 15) is 0 Å². The van der Waals surface area contributed by atoms with Crippen LogP contribution in [0.2, 0.25) is 0 Å². The lowest BCUT2D eigenvalue weighted by Crippen LogP contribution is -2.30. The molecule has 1 aliphatic rings. The molecule has 1 N–H and O–H groups in total. The smallest absolute Gasteiger partial charge is 0.119 e. The number of hydrogen-bond donors (Lipinski definition) is 1. The zero-order chi connectivity index (χ0) is 13.7. The fourth-order valence-corrected chi connectivity index (χ4v) is 3.08. The van der Waals surface area contributed by atoms with Gasteiger partial charge in [0.2, 0.25) is 0 Å². The summed E-state index contributed by atoms with van der Waals surface area (Å²) in [5.41, 5.74) is 1.48. The molecule has 0 radical (unpaired) electrons. The minimum Gasteiger partial charge on any atom is -0.494 e. The minimum absolute atomic E-state index is 0.585. The molecule has 0 heterocycles. The van der Waals surface area contributed by atoms with Gasteiger partial charge in [-0.05, 0) is 55.8 Å². The zero-order valence-electron chi connectivity index (χ0n) is 12.5. The van der Waals surface area contributed by atoms with E-state index in [2.05, 4.69) is 43.4 Å². The predicted molar refractivity (Wildman–Crippen MR) is 80.8 cm³/mol. The molecule has 0 aliphatic heterocycles. The molecule has 2 unspecified atom stereocenters. The SMILES string of the molecule is CCOc1ccc(C2CCCC2CNC(C)C)cc1. The third kappa shape index (κ3) is 3.97. The molecule has 2 rings (SSSR count). The van der Waals surface area contributed by atoms with Crippen molar-refractivity contribution in [2.45, 2.75) is 52.0 Å². The van der Waals surface area contributed by atoms with Gasteiger partial charge in [0.25, 0.3) is 0 Å². The summed E-state index contributed by atoms with van der Waals surface area (Å²) in [7, 11) is 0. The van der Waals surface area contributed by atoms with E-state index in [1.165, 1.54) is 24.8 Å². The van der Waals surface area contributed by atoms with Gasteiger partial charge >= 0.3 is 0 Å². The van der Waals surface area contributed by atoms with E-state index < -0.39 is 0 Å². The molecule has 19 heavy (non-hydrogen) atoms. The van der Waals surface area contributed by atoms with Crippen molar-refractivity contribution in [3.8, 4) is 5.75 Å². The molecule has 0 aromatic heterocycles. The van der Waals surface area contributed by atoms with Gasteiger partial charge in [-0.2, -0.15) is 0 Å². The predicted octanol–water partition coefficient (Wildman–Crippen LogP) is 3.97. The van der Waals surface area contributed by atoms with Crippen LogP contribution >= 0.6 is 0 Å². The molecule has 106 valence electrons. The maximum Gasteiger partial charge on any atom is 0.119 e. The Labute approximate surface area is 117 Å². The highest BCUT2D eigenvalue weighted by Crippen LogP contribution is 2.39. The van der Waals surface area contributed by atoms with Crippen LogP contribution in [0.1, 0.15) is 51.5 Å². The summed E-state index contributed by atoms with van der Waals surface area (Å²) >= 11 is 0. The molecule has 2 atom stereocenters. The molecule has 0 bridgehead atoms. The van der Waals surface area contributed by atoms with Gasteiger partial charge in [0.1, 0.15) is 5.75 Å². The molecule has 0 amide bonds. The number of benzene rings is 1. The fourth-order valence-electron chi connectivity index (χ4n) is 3.08. The van der Waals surface area contributed by atoms with Crippen molar-refractivity contribution >= 4 is 0 Å². The van der Waals surface area contributed by atoms with Crippen molar-refractivity contribution in [3.05, 3.63) is 29.8 Å². The number of rotatable bonds is 6. The second-order valence-electron chi connectivity index (χ2n) is 5.86. The van der Waals surface area contributed by atoms with Crippen LogP contribution in [-0.4, -0.2) is 19.2 Å². The lowest BCUT2D eigenvalue weighted by molar-refractivity contribution is 0.340. The Morgan fingerprint density at radius 1 is 1.21 bits per heavy atom. The van der Waals surface area contributed by atoms with Gasteiger partial charge in [-0.25, -0.2) is 0 Å². The highest BCUT2D eigenvalue weighted by Gasteiger charge is 2.28. The molecule has 1 fully saturated rings. The second-order valence-corrected chi connectivity index (χ2v) is 5.86. The number of nitrogens with one attached hydrogen (secondary N) is 1. The van der Waals surface area contributed by atoms with E-state index in [1.54, 1.807) is 0 Å². The molecular formula is C17H27NO. The lowest BCUT2D eigenvalue weighted by Gasteiger charge is -2.22. The first kappa shape index (κ1) is 14.4. The Morgan fingerprint density at radius 2 is 1.95 bits per heavy atom. The molecule has 2 heteroatoms. The van der Waals surface area contributed by atoms with E-state index in [0.29, 0.717) is 6.04 Å². The van der Waals surface area contributed by atoms with Crippen molar-refractivity contribution in [1.29, 1.82) is 0 Å². The third-order valence-corrected chi connectivity index (χ3v) is 4.07. The van der Waals surface area contributed by atoms with Crippen LogP contribution in [0.15, 0.2) is 24.3 Å². The fraction of sp³-hybridized carbons (Fsp3) is 0.647. The van der Waals surface area contributed by atoms with Gasteiger partial charge in [-0.3, -0.25) is 0 Å². The maximum atomic E-state index is 5.52. The molecule has 1 aromatic rings. The van der Waals surface area contributed by atoms with Crippen molar-refractivity contribution < 1.29 is 4.74 Å². The van der Waals surface area contributed by atoms with Crippen LogP contribution in [0.3, 0.4) is 0 Å². The third-order valence-electron chi connectivity index (χ3n) is 4.07. The Morgan fingerprint density at radius 3 is 2.58 bits per heavy atom. The standard InChI is InChI=1S/C17H27NO/c1-4-19-16-10-8-14(9-11-16)17-7-5-6-15(17)12-18-13(2)3/h8-11,13,15,17-18H,4-7,12H2,1-3H3. The van der Waals surface area contributed by atoms with Crippen LogP contribution < -0.4 is 10.1 Å². The average Bonchev–Trinajstić information content (AvgIpc) is 2.86. The minimum atomic E-state index is 0.585. The summed E-state index contributed by atoms with van der Waals surface area (Å²) in [4.78, 5) is 0. The van der Waals surface area contributed by atoms with Crippen LogP contribution in [0, 0.1) is 5.92 Å². The van der Waals surface area contributed by atoms with E-state index in [4.69, 9.17) is 4.74 Å². The summed E-state index contributed by atoms with van der Waals surface area (Å²) in [5.74, 6) is 2.50. The molecule has 2 nitrogen and oxygen atoms in total. The van der Waals surface area contributed by atoms with Crippen molar-refractivity contribution in [2.24, 2.45) is 5.92 Å². The summed E-state index contributed by atoms with van der Waals surface area (Å²) in [6, 6.07) is 9.32. The lowest BCUT2D eigenvalue weighted by atomic mass is 9.88. The second kappa shape index (κ2) is 6.95. The van der Waals surface area contributed by atoms with Gasteiger partial charge in [0.05, 0.1) is 6.61 Å². The maximum absolute atomic E-state index is 5.52. The van der Waals surface area contributed by atoms with Gasteiger partial charge in [-0.15, -0.1) is 0 Å². The molecule has 1 saturated carbocycles. The van der Waals surface area contributed by atoms with E-state index in [1.807, 2.05) is 6.92 Å². The van der Waals surface area contributed by atoms with E-state index in [-0.39, 0.29) is 0 Å². The molecular weight excluding hydrogens is 234 g/mol. The van der Waals surface area contributed by atoms with Gasteiger partial charge < -0.3 is 10.1 Å². The Bertz CT molecular complexity index is 371. The van der Waals surface area contributed by atoms with Gasteiger partial charge in [-0.1, -0.05) is 32.4 Å². The zero-order valence-corrected chi connectivity index (χ0v) is 12.5. The Hall–Kier alpha value is -1.02. The summed E-state index contributed by atoms with van der Waals surface area (Å²) < 4.78 is 5.52. The summed E-state index contributed by atoms with van der Waals surface area (Å²) in [6.07, 6.45) is 4.05. The van der Waals surface area contributed by atoms with Gasteiger partial charge in [0.15, 0.2) is 0 Å².